The van der Waals surface area contributed by atoms with Gasteiger partial charge in [-0.2, -0.15) is 5.10 Å². The van der Waals surface area contributed by atoms with Crippen LogP contribution in [0.25, 0.3) is 0 Å². The first-order chi connectivity index (χ1) is 11.3. The standard InChI is InChI=1S/C16H20N4O2S/c21-16-4-1-6-17-20(16)9-12-3-2-7-19(12)10-15-18-13-5-8-22-11-14(13)23-15/h1,4,6,12H,2-3,5,7-11H2. The van der Waals surface area contributed by atoms with Gasteiger partial charge in [-0.1, -0.05) is 0 Å². The van der Waals surface area contributed by atoms with Crippen LogP contribution in [0.3, 0.4) is 0 Å². The van der Waals surface area contributed by atoms with E-state index in [1.165, 1.54) is 22.0 Å². The predicted octanol–water partition coefficient (Wildman–Crippen LogP) is 1.44. The Labute approximate surface area is 138 Å². The quantitative estimate of drug-likeness (QED) is 0.848. The first kappa shape index (κ1) is 15.0. The Morgan fingerprint density at radius 1 is 1.43 bits per heavy atom. The maximum Gasteiger partial charge on any atom is 0.266 e. The molecule has 0 aliphatic carbocycles. The van der Waals surface area contributed by atoms with Crippen LogP contribution < -0.4 is 5.56 Å². The van der Waals surface area contributed by atoms with Gasteiger partial charge in [0.15, 0.2) is 0 Å². The number of rotatable bonds is 4. The second kappa shape index (κ2) is 6.51. The molecule has 2 aliphatic rings. The van der Waals surface area contributed by atoms with Crippen molar-refractivity contribution in [3.05, 3.63) is 44.3 Å². The molecule has 0 amide bonds. The monoisotopic (exact) mass is 332 g/mol. The third-order valence-electron chi connectivity index (χ3n) is 4.55. The summed E-state index contributed by atoms with van der Waals surface area (Å²) in [5.74, 6) is 0. The van der Waals surface area contributed by atoms with E-state index in [-0.39, 0.29) is 5.56 Å². The van der Waals surface area contributed by atoms with Gasteiger partial charge in [0, 0.05) is 24.7 Å². The topological polar surface area (TPSA) is 60.2 Å². The lowest BCUT2D eigenvalue weighted by atomic mass is 10.2. The molecule has 0 aromatic carbocycles. The zero-order valence-electron chi connectivity index (χ0n) is 13.0. The van der Waals surface area contributed by atoms with Crippen LogP contribution in [0.15, 0.2) is 23.1 Å². The van der Waals surface area contributed by atoms with E-state index in [0.717, 1.165) is 32.5 Å². The molecular formula is C16H20N4O2S. The molecule has 7 heteroatoms. The fraction of sp³-hybridized carbons (Fsp3) is 0.562. The van der Waals surface area contributed by atoms with Crippen LogP contribution in [0.4, 0.5) is 0 Å². The van der Waals surface area contributed by atoms with E-state index in [0.29, 0.717) is 19.2 Å². The summed E-state index contributed by atoms with van der Waals surface area (Å²) in [5, 5.41) is 5.35. The van der Waals surface area contributed by atoms with Crippen molar-refractivity contribution in [2.75, 3.05) is 13.2 Å². The van der Waals surface area contributed by atoms with E-state index in [2.05, 4.69) is 10.00 Å². The number of nitrogens with zero attached hydrogens (tertiary/aromatic N) is 4. The summed E-state index contributed by atoms with van der Waals surface area (Å²) in [6.45, 7) is 4.08. The zero-order valence-corrected chi connectivity index (χ0v) is 13.8. The summed E-state index contributed by atoms with van der Waals surface area (Å²) in [7, 11) is 0. The molecule has 122 valence electrons. The van der Waals surface area contributed by atoms with E-state index in [9.17, 15) is 4.79 Å². The van der Waals surface area contributed by atoms with Crippen molar-refractivity contribution < 1.29 is 4.74 Å². The molecule has 2 aromatic rings. The molecule has 4 rings (SSSR count). The fourth-order valence-corrected chi connectivity index (χ4v) is 4.43. The van der Waals surface area contributed by atoms with Gasteiger partial charge >= 0.3 is 0 Å². The highest BCUT2D eigenvalue weighted by Gasteiger charge is 2.27. The number of likely N-dealkylation sites (tertiary alicyclic amines) is 1. The second-order valence-electron chi connectivity index (χ2n) is 6.09. The van der Waals surface area contributed by atoms with Crippen LogP contribution in [0.5, 0.6) is 0 Å². The molecule has 6 nitrogen and oxygen atoms in total. The summed E-state index contributed by atoms with van der Waals surface area (Å²) in [6, 6.07) is 3.62. The van der Waals surface area contributed by atoms with Gasteiger partial charge in [-0.25, -0.2) is 9.67 Å². The van der Waals surface area contributed by atoms with Gasteiger partial charge in [-0.3, -0.25) is 9.69 Å². The molecular weight excluding hydrogens is 312 g/mol. The van der Waals surface area contributed by atoms with Crippen molar-refractivity contribution in [3.63, 3.8) is 0 Å². The van der Waals surface area contributed by atoms with Crippen molar-refractivity contribution in [3.8, 4) is 0 Å². The largest absolute Gasteiger partial charge is 0.375 e. The Bertz CT molecular complexity index is 718. The number of thiazole rings is 1. The average molecular weight is 332 g/mol. The molecule has 0 N–H and O–H groups in total. The Hall–Kier alpha value is -1.57. The fourth-order valence-electron chi connectivity index (χ4n) is 3.35. The third-order valence-corrected chi connectivity index (χ3v) is 5.60. The van der Waals surface area contributed by atoms with Gasteiger partial charge in [0.05, 0.1) is 36.9 Å². The molecule has 1 atom stereocenters. The summed E-state index contributed by atoms with van der Waals surface area (Å²) in [6.07, 6.45) is 4.88. The number of hydrogen-bond acceptors (Lipinski definition) is 6. The van der Waals surface area contributed by atoms with Crippen LogP contribution in [0.1, 0.15) is 28.4 Å². The van der Waals surface area contributed by atoms with Gasteiger partial charge in [0.1, 0.15) is 5.01 Å². The minimum Gasteiger partial charge on any atom is -0.375 e. The summed E-state index contributed by atoms with van der Waals surface area (Å²) < 4.78 is 7.08. The van der Waals surface area contributed by atoms with Crippen LogP contribution in [-0.2, 0) is 30.9 Å². The molecule has 0 radical (unpaired) electrons. The lowest BCUT2D eigenvalue weighted by Gasteiger charge is -2.23. The van der Waals surface area contributed by atoms with Gasteiger partial charge in [-0.05, 0) is 25.5 Å². The second-order valence-corrected chi connectivity index (χ2v) is 7.26. The molecule has 0 spiro atoms. The Kier molecular flexibility index (Phi) is 4.24. The number of aromatic nitrogens is 3. The van der Waals surface area contributed by atoms with Crippen LogP contribution >= 0.6 is 11.3 Å². The molecule has 1 fully saturated rings. The molecule has 23 heavy (non-hydrogen) atoms. The zero-order chi connectivity index (χ0) is 15.6. The molecule has 2 aliphatic heterocycles. The highest BCUT2D eigenvalue weighted by molar-refractivity contribution is 7.11. The molecule has 1 unspecified atom stereocenters. The maximum atomic E-state index is 11.9. The molecule has 0 bridgehead atoms. The van der Waals surface area contributed by atoms with Crippen molar-refractivity contribution in [1.29, 1.82) is 0 Å². The Morgan fingerprint density at radius 2 is 2.39 bits per heavy atom. The Morgan fingerprint density at radius 3 is 3.26 bits per heavy atom. The first-order valence-electron chi connectivity index (χ1n) is 8.11. The number of ether oxygens (including phenoxy) is 1. The van der Waals surface area contributed by atoms with Crippen molar-refractivity contribution >= 4 is 11.3 Å². The lowest BCUT2D eigenvalue weighted by molar-refractivity contribution is 0.112. The summed E-state index contributed by atoms with van der Waals surface area (Å²) >= 11 is 1.77. The highest BCUT2D eigenvalue weighted by Crippen LogP contribution is 2.27. The van der Waals surface area contributed by atoms with Crippen molar-refractivity contribution in [2.24, 2.45) is 0 Å². The molecule has 2 aromatic heterocycles. The lowest BCUT2D eigenvalue weighted by Crippen LogP contribution is -2.36. The van der Waals surface area contributed by atoms with E-state index in [1.807, 2.05) is 0 Å². The van der Waals surface area contributed by atoms with Gasteiger partial charge < -0.3 is 4.74 Å². The van der Waals surface area contributed by atoms with Crippen LogP contribution in [0.2, 0.25) is 0 Å². The number of fused-ring (bicyclic) bond motifs is 1. The van der Waals surface area contributed by atoms with Gasteiger partial charge in [0.2, 0.25) is 0 Å². The van der Waals surface area contributed by atoms with E-state index < -0.39 is 0 Å². The van der Waals surface area contributed by atoms with E-state index >= 15 is 0 Å². The van der Waals surface area contributed by atoms with Crippen LogP contribution in [0, 0.1) is 0 Å². The molecule has 1 saturated heterocycles. The Balaban J connectivity index is 1.46. The SMILES string of the molecule is O=c1cccnn1CC1CCCN1Cc1nc2c(s1)COCC2. The van der Waals surface area contributed by atoms with Crippen LogP contribution in [-0.4, -0.2) is 38.9 Å². The molecule has 4 heterocycles. The first-order valence-corrected chi connectivity index (χ1v) is 8.92. The van der Waals surface area contributed by atoms with Gasteiger partial charge in [0.25, 0.3) is 5.56 Å². The average Bonchev–Trinajstić information content (AvgIpc) is 3.16. The highest BCUT2D eigenvalue weighted by atomic mass is 32.1. The predicted molar refractivity (Wildman–Crippen MR) is 87.4 cm³/mol. The summed E-state index contributed by atoms with van der Waals surface area (Å²) in [5.41, 5.74) is 1.19. The minimum absolute atomic E-state index is 0.0267. The minimum atomic E-state index is -0.0267. The normalized spacial score (nSPS) is 21.5. The van der Waals surface area contributed by atoms with E-state index in [4.69, 9.17) is 9.72 Å². The van der Waals surface area contributed by atoms with E-state index in [1.54, 1.807) is 34.3 Å². The van der Waals surface area contributed by atoms with Crippen molar-refractivity contribution in [2.45, 2.75) is 45.0 Å². The third kappa shape index (κ3) is 3.22. The maximum absolute atomic E-state index is 11.9. The molecule has 0 saturated carbocycles. The van der Waals surface area contributed by atoms with Gasteiger partial charge in [-0.15, -0.1) is 11.3 Å². The van der Waals surface area contributed by atoms with Crippen molar-refractivity contribution in [1.82, 2.24) is 19.7 Å². The summed E-state index contributed by atoms with van der Waals surface area (Å²) in [4.78, 5) is 20.4. The number of hydrogen-bond donors (Lipinski definition) is 0. The smallest absolute Gasteiger partial charge is 0.266 e.